The SMILES string of the molecule is CC(C(=O)O)N(C(=O)OCC1c2ccccc2-c2ccccc21)c1ccc(C#N)cc1. The van der Waals surface area contributed by atoms with Crippen LogP contribution in [0.2, 0.25) is 0 Å². The highest BCUT2D eigenvalue weighted by Gasteiger charge is 2.32. The summed E-state index contributed by atoms with van der Waals surface area (Å²) in [5, 5.41) is 18.5. The molecule has 0 heterocycles. The molecule has 1 aliphatic rings. The van der Waals surface area contributed by atoms with Crippen LogP contribution in [0.5, 0.6) is 0 Å². The summed E-state index contributed by atoms with van der Waals surface area (Å²) in [6.45, 7) is 1.51. The number of carbonyl (C=O) groups excluding carboxylic acids is 1. The van der Waals surface area contributed by atoms with E-state index < -0.39 is 18.1 Å². The first kappa shape index (κ1) is 20.2. The molecule has 3 aromatic carbocycles. The zero-order valence-electron chi connectivity index (χ0n) is 16.9. The fourth-order valence-electron chi connectivity index (χ4n) is 3.96. The second-order valence-corrected chi connectivity index (χ2v) is 7.35. The highest BCUT2D eigenvalue weighted by atomic mass is 16.6. The predicted molar refractivity (Wildman–Crippen MR) is 116 cm³/mol. The number of hydrogen-bond donors (Lipinski definition) is 1. The maximum Gasteiger partial charge on any atom is 0.415 e. The number of ether oxygens (including phenoxy) is 1. The maximum atomic E-state index is 13.0. The van der Waals surface area contributed by atoms with Crippen molar-refractivity contribution in [3.05, 3.63) is 89.5 Å². The van der Waals surface area contributed by atoms with Crippen LogP contribution < -0.4 is 4.90 Å². The molecule has 6 heteroatoms. The first-order valence-corrected chi connectivity index (χ1v) is 9.88. The van der Waals surface area contributed by atoms with Crippen molar-refractivity contribution in [3.63, 3.8) is 0 Å². The van der Waals surface area contributed by atoms with Gasteiger partial charge in [-0.1, -0.05) is 48.5 Å². The number of benzene rings is 3. The zero-order chi connectivity index (χ0) is 22.0. The van der Waals surface area contributed by atoms with Crippen LogP contribution in [-0.4, -0.2) is 29.8 Å². The number of rotatable bonds is 5. The lowest BCUT2D eigenvalue weighted by atomic mass is 9.98. The van der Waals surface area contributed by atoms with Crippen LogP contribution in [0, 0.1) is 11.3 Å². The summed E-state index contributed by atoms with van der Waals surface area (Å²) < 4.78 is 5.64. The van der Waals surface area contributed by atoms with E-state index in [0.717, 1.165) is 27.2 Å². The molecule has 1 aliphatic carbocycles. The van der Waals surface area contributed by atoms with Gasteiger partial charge in [-0.2, -0.15) is 5.26 Å². The van der Waals surface area contributed by atoms with Gasteiger partial charge in [-0.3, -0.25) is 4.90 Å². The molecule has 1 N–H and O–H groups in total. The first-order valence-electron chi connectivity index (χ1n) is 9.88. The molecule has 0 aromatic heterocycles. The molecule has 1 unspecified atom stereocenters. The van der Waals surface area contributed by atoms with Gasteiger partial charge in [0.1, 0.15) is 12.6 Å². The van der Waals surface area contributed by atoms with Gasteiger partial charge in [0.2, 0.25) is 0 Å². The number of hydrogen-bond acceptors (Lipinski definition) is 4. The molecule has 4 rings (SSSR count). The number of amides is 1. The van der Waals surface area contributed by atoms with Gasteiger partial charge in [0.25, 0.3) is 0 Å². The minimum Gasteiger partial charge on any atom is -0.480 e. The fraction of sp³-hybridized carbons (Fsp3) is 0.160. The highest BCUT2D eigenvalue weighted by Crippen LogP contribution is 2.44. The van der Waals surface area contributed by atoms with Gasteiger partial charge in [0.05, 0.1) is 11.6 Å². The van der Waals surface area contributed by atoms with Crippen molar-refractivity contribution in [2.24, 2.45) is 0 Å². The molecule has 0 saturated heterocycles. The van der Waals surface area contributed by atoms with Gasteiger partial charge in [-0.15, -0.1) is 0 Å². The summed E-state index contributed by atoms with van der Waals surface area (Å²) in [5.74, 6) is -1.28. The van der Waals surface area contributed by atoms with Gasteiger partial charge in [-0.05, 0) is 53.4 Å². The summed E-state index contributed by atoms with van der Waals surface area (Å²) in [4.78, 5) is 25.7. The normalized spacial score (nSPS) is 12.9. The number of carboxylic acid groups (broad SMARTS) is 1. The minimum atomic E-state index is -1.15. The van der Waals surface area contributed by atoms with Gasteiger partial charge in [-0.25, -0.2) is 9.59 Å². The Hall–Kier alpha value is -4.11. The molecule has 3 aromatic rings. The minimum absolute atomic E-state index is 0.0893. The molecular weight excluding hydrogens is 392 g/mol. The van der Waals surface area contributed by atoms with Crippen molar-refractivity contribution < 1.29 is 19.4 Å². The molecule has 0 spiro atoms. The van der Waals surface area contributed by atoms with Crippen LogP contribution in [0.1, 0.15) is 29.5 Å². The third-order valence-corrected chi connectivity index (χ3v) is 5.55. The van der Waals surface area contributed by atoms with E-state index in [1.807, 2.05) is 54.6 Å². The third-order valence-electron chi connectivity index (χ3n) is 5.55. The van der Waals surface area contributed by atoms with Crippen LogP contribution in [0.25, 0.3) is 11.1 Å². The number of fused-ring (bicyclic) bond motifs is 3. The molecule has 1 atom stereocenters. The van der Waals surface area contributed by atoms with Crippen LogP contribution >= 0.6 is 0 Å². The summed E-state index contributed by atoms with van der Waals surface area (Å²) in [6.07, 6.45) is -0.749. The van der Waals surface area contributed by atoms with Gasteiger partial charge < -0.3 is 9.84 Å². The van der Waals surface area contributed by atoms with Crippen molar-refractivity contribution in [1.82, 2.24) is 0 Å². The first-order chi connectivity index (χ1) is 15.0. The molecule has 154 valence electrons. The molecule has 0 radical (unpaired) electrons. The van der Waals surface area contributed by atoms with E-state index in [-0.39, 0.29) is 12.5 Å². The second kappa shape index (κ2) is 8.33. The number of carboxylic acids is 1. The molecule has 0 bridgehead atoms. The van der Waals surface area contributed by atoms with Gasteiger partial charge in [0, 0.05) is 11.6 Å². The fourth-order valence-corrected chi connectivity index (χ4v) is 3.96. The molecular formula is C25H20N2O4. The molecule has 0 saturated carbocycles. The molecule has 31 heavy (non-hydrogen) atoms. The Morgan fingerprint density at radius 2 is 1.55 bits per heavy atom. The molecule has 0 aliphatic heterocycles. The summed E-state index contributed by atoms with van der Waals surface area (Å²) in [5.41, 5.74) is 5.15. The number of aliphatic carboxylic acids is 1. The Balaban J connectivity index is 1.60. The smallest absolute Gasteiger partial charge is 0.415 e. The van der Waals surface area contributed by atoms with Crippen molar-refractivity contribution in [1.29, 1.82) is 5.26 Å². The average Bonchev–Trinajstić information content (AvgIpc) is 3.12. The highest BCUT2D eigenvalue weighted by molar-refractivity contribution is 5.95. The quantitative estimate of drug-likeness (QED) is 0.651. The standard InChI is InChI=1S/C25H20N2O4/c1-16(24(28)29)27(18-12-10-17(14-26)11-13-18)25(30)31-15-23-21-8-4-2-6-19(21)20-7-3-5-9-22(20)23/h2-13,16,23H,15H2,1H3,(H,28,29). The van der Waals surface area contributed by atoms with Crippen LogP contribution in [0.3, 0.4) is 0 Å². The number of nitrogens with zero attached hydrogens (tertiary/aromatic N) is 2. The van der Waals surface area contributed by atoms with Crippen molar-refractivity contribution in [2.45, 2.75) is 18.9 Å². The zero-order valence-corrected chi connectivity index (χ0v) is 16.9. The van der Waals surface area contributed by atoms with E-state index in [2.05, 4.69) is 0 Å². The van der Waals surface area contributed by atoms with Crippen LogP contribution in [-0.2, 0) is 9.53 Å². The van der Waals surface area contributed by atoms with Crippen molar-refractivity contribution in [2.75, 3.05) is 11.5 Å². The van der Waals surface area contributed by atoms with Crippen LogP contribution in [0.4, 0.5) is 10.5 Å². The van der Waals surface area contributed by atoms with E-state index in [1.165, 1.54) is 19.1 Å². The third kappa shape index (κ3) is 3.74. The predicted octanol–water partition coefficient (Wildman–Crippen LogP) is 4.79. The average molecular weight is 412 g/mol. The lowest BCUT2D eigenvalue weighted by Crippen LogP contribution is -2.44. The van der Waals surface area contributed by atoms with Gasteiger partial charge >= 0.3 is 12.1 Å². The van der Waals surface area contributed by atoms with E-state index in [9.17, 15) is 14.7 Å². The van der Waals surface area contributed by atoms with E-state index in [1.54, 1.807) is 12.1 Å². The Morgan fingerprint density at radius 1 is 1.00 bits per heavy atom. The van der Waals surface area contributed by atoms with E-state index >= 15 is 0 Å². The lowest BCUT2D eigenvalue weighted by molar-refractivity contribution is -0.138. The van der Waals surface area contributed by atoms with E-state index in [0.29, 0.717) is 11.3 Å². The van der Waals surface area contributed by atoms with Gasteiger partial charge in [0.15, 0.2) is 0 Å². The summed E-state index contributed by atoms with van der Waals surface area (Å²) in [7, 11) is 0. The molecule has 0 fully saturated rings. The number of anilines is 1. The largest absolute Gasteiger partial charge is 0.480 e. The Morgan fingerprint density at radius 3 is 2.06 bits per heavy atom. The Bertz CT molecular complexity index is 1140. The van der Waals surface area contributed by atoms with Crippen molar-refractivity contribution >= 4 is 17.7 Å². The Labute approximate surface area is 179 Å². The Kier molecular flexibility index (Phi) is 5.42. The van der Waals surface area contributed by atoms with Crippen molar-refractivity contribution in [3.8, 4) is 17.2 Å². The number of nitriles is 1. The molecule has 6 nitrogen and oxygen atoms in total. The second-order valence-electron chi connectivity index (χ2n) is 7.35. The van der Waals surface area contributed by atoms with E-state index in [4.69, 9.17) is 10.00 Å². The topological polar surface area (TPSA) is 90.6 Å². The summed E-state index contributed by atoms with van der Waals surface area (Å²) >= 11 is 0. The maximum absolute atomic E-state index is 13.0. The number of carbonyl (C=O) groups is 2. The van der Waals surface area contributed by atoms with Crippen LogP contribution in [0.15, 0.2) is 72.8 Å². The summed E-state index contributed by atoms with van der Waals surface area (Å²) in [6, 6.07) is 23.0. The lowest BCUT2D eigenvalue weighted by Gasteiger charge is -2.26. The molecule has 1 amide bonds. The monoisotopic (exact) mass is 412 g/mol.